The summed E-state index contributed by atoms with van der Waals surface area (Å²) in [5, 5.41) is 11.9. The highest BCUT2D eigenvalue weighted by molar-refractivity contribution is 7.99. The van der Waals surface area contributed by atoms with Gasteiger partial charge < -0.3 is 15.2 Å². The van der Waals surface area contributed by atoms with E-state index in [1.165, 1.54) is 16.7 Å². The normalized spacial score (nSPS) is 15.9. The Hall–Kier alpha value is -3.06. The van der Waals surface area contributed by atoms with Crippen LogP contribution in [0, 0.1) is 0 Å². The van der Waals surface area contributed by atoms with Crippen molar-refractivity contribution < 1.29 is 24.2 Å². The molecule has 0 heterocycles. The summed E-state index contributed by atoms with van der Waals surface area (Å²) < 4.78 is 5.14. The summed E-state index contributed by atoms with van der Waals surface area (Å²) in [6.45, 7) is 0.0868. The van der Waals surface area contributed by atoms with Crippen LogP contribution in [0.25, 0.3) is 5.57 Å². The van der Waals surface area contributed by atoms with E-state index in [0.29, 0.717) is 12.2 Å². The van der Waals surface area contributed by atoms with Gasteiger partial charge in [-0.25, -0.2) is 9.59 Å². The van der Waals surface area contributed by atoms with Gasteiger partial charge in [0.25, 0.3) is 0 Å². The molecule has 4 rings (SSSR count). The maximum absolute atomic E-state index is 12.4. The number of ketones is 1. The predicted molar refractivity (Wildman–Crippen MR) is 127 cm³/mol. The Morgan fingerprint density at radius 3 is 2.61 bits per heavy atom. The molecule has 2 N–H and O–H groups in total. The van der Waals surface area contributed by atoms with Gasteiger partial charge in [-0.1, -0.05) is 36.4 Å². The fourth-order valence-electron chi connectivity index (χ4n) is 4.37. The highest BCUT2D eigenvalue weighted by Gasteiger charge is 2.26. The van der Waals surface area contributed by atoms with E-state index >= 15 is 0 Å². The molecule has 0 aromatic heterocycles. The topological polar surface area (TPSA) is 92.7 Å². The summed E-state index contributed by atoms with van der Waals surface area (Å²) in [4.78, 5) is 37.1. The van der Waals surface area contributed by atoms with Gasteiger partial charge in [-0.2, -0.15) is 0 Å². The van der Waals surface area contributed by atoms with E-state index in [0.717, 1.165) is 41.7 Å². The van der Waals surface area contributed by atoms with E-state index in [-0.39, 0.29) is 18.8 Å². The number of carbonyl (C=O) groups is 3. The molecular weight excluding hydrogens is 438 g/mol. The zero-order valence-corrected chi connectivity index (χ0v) is 19.2. The quantitative estimate of drug-likeness (QED) is 0.533. The first-order valence-electron chi connectivity index (χ1n) is 11.2. The van der Waals surface area contributed by atoms with Crippen LogP contribution >= 0.6 is 11.8 Å². The molecule has 2 aromatic rings. The Kier molecular flexibility index (Phi) is 7.50. The van der Waals surface area contributed by atoms with Crippen LogP contribution < -0.4 is 5.32 Å². The van der Waals surface area contributed by atoms with E-state index in [2.05, 4.69) is 17.4 Å². The van der Waals surface area contributed by atoms with Gasteiger partial charge in [-0.05, 0) is 72.1 Å². The maximum Gasteiger partial charge on any atom is 0.408 e. The number of nitrogens with one attached hydrogen (secondary N) is 1. The molecule has 2 aliphatic carbocycles. The van der Waals surface area contributed by atoms with Crippen LogP contribution in [0.2, 0.25) is 0 Å². The molecule has 0 bridgehead atoms. The first-order valence-corrected chi connectivity index (χ1v) is 12.2. The SMILES string of the molecule is O=C(NC(CCSc1ccc2c(c1)CCC(=O)C1=C2CCC1)C(=O)O)OCc1ccccc1. The zero-order valence-electron chi connectivity index (χ0n) is 18.3. The van der Waals surface area contributed by atoms with Gasteiger partial charge in [-0.15, -0.1) is 11.8 Å². The van der Waals surface area contributed by atoms with Gasteiger partial charge in [-0.3, -0.25) is 4.79 Å². The van der Waals surface area contributed by atoms with Crippen LogP contribution in [0.3, 0.4) is 0 Å². The smallest absolute Gasteiger partial charge is 0.408 e. The number of fused-ring (bicyclic) bond motifs is 2. The van der Waals surface area contributed by atoms with Crippen molar-refractivity contribution in [2.75, 3.05) is 5.75 Å². The largest absolute Gasteiger partial charge is 0.480 e. The lowest BCUT2D eigenvalue weighted by Gasteiger charge is -2.15. The lowest BCUT2D eigenvalue weighted by Crippen LogP contribution is -2.41. The average molecular weight is 466 g/mol. The van der Waals surface area contributed by atoms with E-state index < -0.39 is 18.1 Å². The fraction of sp³-hybridized carbons (Fsp3) is 0.346. The summed E-state index contributed by atoms with van der Waals surface area (Å²) in [7, 11) is 0. The van der Waals surface area contributed by atoms with Crippen molar-refractivity contribution >= 4 is 35.2 Å². The molecule has 1 atom stereocenters. The maximum atomic E-state index is 12.4. The summed E-state index contributed by atoms with van der Waals surface area (Å²) in [5.74, 6) is -0.280. The number of alkyl carbamates (subject to hydrolysis) is 1. The third-order valence-corrected chi connectivity index (χ3v) is 7.08. The Bertz CT molecular complexity index is 1080. The highest BCUT2D eigenvalue weighted by Crippen LogP contribution is 2.40. The Balaban J connectivity index is 1.31. The number of thioether (sulfide) groups is 1. The predicted octanol–water partition coefficient (Wildman–Crippen LogP) is 5.00. The number of Topliss-reactive ketones (excluding diaryl/α,β-unsaturated/α-hetero) is 1. The number of hydrogen-bond donors (Lipinski definition) is 2. The molecule has 0 saturated carbocycles. The zero-order chi connectivity index (χ0) is 23.2. The third kappa shape index (κ3) is 5.85. The van der Waals surface area contributed by atoms with E-state index in [9.17, 15) is 19.5 Å². The summed E-state index contributed by atoms with van der Waals surface area (Å²) in [6, 6.07) is 14.5. The van der Waals surface area contributed by atoms with Crippen molar-refractivity contribution in [1.29, 1.82) is 0 Å². The van der Waals surface area contributed by atoms with Gasteiger partial charge in [0.2, 0.25) is 0 Å². The second-order valence-corrected chi connectivity index (χ2v) is 9.46. The van der Waals surface area contributed by atoms with E-state index in [1.54, 1.807) is 11.8 Å². The first-order chi connectivity index (χ1) is 16.0. The molecule has 0 saturated heterocycles. The number of carboxylic acids is 1. The number of benzene rings is 2. The number of carboxylic acid groups (broad SMARTS) is 1. The fourth-order valence-corrected chi connectivity index (χ4v) is 5.35. The van der Waals surface area contributed by atoms with Crippen molar-refractivity contribution in [2.24, 2.45) is 0 Å². The molecule has 6 nitrogen and oxygen atoms in total. The summed E-state index contributed by atoms with van der Waals surface area (Å²) >= 11 is 1.55. The molecule has 0 aliphatic heterocycles. The average Bonchev–Trinajstić information content (AvgIpc) is 3.26. The molecule has 2 aliphatic rings. The second kappa shape index (κ2) is 10.7. The van der Waals surface area contributed by atoms with Crippen LogP contribution in [-0.4, -0.2) is 34.7 Å². The number of allylic oxidation sites excluding steroid dienone is 2. The number of hydrogen-bond acceptors (Lipinski definition) is 5. The van der Waals surface area contributed by atoms with E-state index in [1.807, 2.05) is 36.4 Å². The van der Waals surface area contributed by atoms with Crippen molar-refractivity contribution in [3.63, 3.8) is 0 Å². The Morgan fingerprint density at radius 2 is 1.82 bits per heavy atom. The third-order valence-electron chi connectivity index (χ3n) is 6.06. The number of carbonyl (C=O) groups excluding carboxylic acids is 2. The van der Waals surface area contributed by atoms with Crippen LogP contribution in [0.15, 0.2) is 59.0 Å². The van der Waals surface area contributed by atoms with Gasteiger partial charge in [0.1, 0.15) is 12.6 Å². The molecule has 33 heavy (non-hydrogen) atoms. The van der Waals surface area contributed by atoms with Crippen molar-refractivity contribution in [3.05, 3.63) is 70.8 Å². The molecule has 2 aromatic carbocycles. The minimum Gasteiger partial charge on any atom is -0.480 e. The van der Waals surface area contributed by atoms with E-state index in [4.69, 9.17) is 4.74 Å². The van der Waals surface area contributed by atoms with Gasteiger partial charge in [0.05, 0.1) is 0 Å². The number of ether oxygens (including phenoxy) is 1. The first kappa shape index (κ1) is 23.1. The molecule has 7 heteroatoms. The van der Waals surface area contributed by atoms with Crippen molar-refractivity contribution in [1.82, 2.24) is 5.32 Å². The van der Waals surface area contributed by atoms with Crippen LogP contribution in [0.1, 0.15) is 48.8 Å². The number of aryl methyl sites for hydroxylation is 1. The van der Waals surface area contributed by atoms with Gasteiger partial charge in [0.15, 0.2) is 5.78 Å². The Labute approximate surface area is 197 Å². The minimum absolute atomic E-state index is 0.0868. The van der Waals surface area contributed by atoms with Gasteiger partial charge in [0, 0.05) is 17.1 Å². The van der Waals surface area contributed by atoms with Crippen molar-refractivity contribution in [2.45, 2.75) is 56.1 Å². The molecule has 172 valence electrons. The monoisotopic (exact) mass is 465 g/mol. The van der Waals surface area contributed by atoms with Crippen LogP contribution in [0.5, 0.6) is 0 Å². The number of amides is 1. The molecule has 1 unspecified atom stereocenters. The lowest BCUT2D eigenvalue weighted by molar-refractivity contribution is -0.139. The minimum atomic E-state index is -1.09. The standard InChI is InChI=1S/C26H27NO5S/c28-24-12-9-18-15-19(10-11-20(18)21-7-4-8-22(21)24)33-14-13-23(25(29)30)27-26(31)32-16-17-5-2-1-3-6-17/h1-3,5-6,10-11,15,23H,4,7-9,12-14,16H2,(H,27,31)(H,29,30). The second-order valence-electron chi connectivity index (χ2n) is 8.29. The molecular formula is C26H27NO5S. The molecule has 0 fully saturated rings. The molecule has 0 spiro atoms. The summed E-state index contributed by atoms with van der Waals surface area (Å²) in [5.41, 5.74) is 5.46. The number of rotatable bonds is 8. The number of aliphatic carboxylic acids is 1. The molecule has 0 radical (unpaired) electrons. The van der Waals surface area contributed by atoms with Crippen molar-refractivity contribution in [3.8, 4) is 0 Å². The molecule has 1 amide bonds. The van der Waals surface area contributed by atoms with Crippen LogP contribution in [-0.2, 0) is 27.4 Å². The summed E-state index contributed by atoms with van der Waals surface area (Å²) in [6.07, 6.45) is 3.72. The Morgan fingerprint density at radius 1 is 1.03 bits per heavy atom. The van der Waals surface area contributed by atoms with Gasteiger partial charge >= 0.3 is 12.1 Å². The highest BCUT2D eigenvalue weighted by atomic mass is 32.2. The lowest BCUT2D eigenvalue weighted by atomic mass is 9.98. The van der Waals surface area contributed by atoms with Crippen LogP contribution in [0.4, 0.5) is 4.79 Å².